The van der Waals surface area contributed by atoms with Crippen molar-refractivity contribution in [2.75, 3.05) is 18.5 Å². The van der Waals surface area contributed by atoms with Gasteiger partial charge in [-0.15, -0.1) is 0 Å². The quantitative estimate of drug-likeness (QED) is 0.891. The Morgan fingerprint density at radius 2 is 2.14 bits per heavy atom. The molecule has 1 aromatic carbocycles. The number of ether oxygens (including phenoxy) is 2. The van der Waals surface area contributed by atoms with Crippen LogP contribution in [0.2, 0.25) is 0 Å². The Morgan fingerprint density at radius 3 is 2.95 bits per heavy atom. The average molecular weight is 286 g/mol. The molecule has 0 saturated carbocycles. The highest BCUT2D eigenvalue weighted by Gasteiger charge is 2.20. The van der Waals surface area contributed by atoms with Crippen LogP contribution < -0.4 is 20.1 Å². The average Bonchev–Trinajstić information content (AvgIpc) is 2.54. The van der Waals surface area contributed by atoms with Gasteiger partial charge in [-0.05, 0) is 12.1 Å². The maximum atomic E-state index is 11.7. The summed E-state index contributed by atoms with van der Waals surface area (Å²) in [6.45, 7) is 0.725. The molecule has 1 unspecified atom stereocenters. The van der Waals surface area contributed by atoms with E-state index in [-0.39, 0.29) is 12.1 Å². The lowest BCUT2D eigenvalue weighted by Crippen LogP contribution is -2.42. The molecule has 108 valence electrons. The minimum atomic E-state index is -0.363. The first-order valence-corrected chi connectivity index (χ1v) is 6.50. The van der Waals surface area contributed by atoms with Crippen LogP contribution in [0.4, 0.5) is 10.6 Å². The summed E-state index contributed by atoms with van der Waals surface area (Å²) in [4.78, 5) is 19.5. The summed E-state index contributed by atoms with van der Waals surface area (Å²) >= 11 is 0. The van der Waals surface area contributed by atoms with Crippen LogP contribution in [0.25, 0.3) is 0 Å². The molecule has 0 fully saturated rings. The van der Waals surface area contributed by atoms with Gasteiger partial charge in [-0.2, -0.15) is 0 Å². The molecule has 1 atom stereocenters. The molecule has 2 heterocycles. The first-order chi connectivity index (χ1) is 10.3. The number of rotatable bonds is 3. The molecule has 1 aliphatic heterocycles. The molecule has 0 aliphatic carbocycles. The van der Waals surface area contributed by atoms with Gasteiger partial charge in [-0.3, -0.25) is 10.3 Å². The molecule has 0 bridgehead atoms. The van der Waals surface area contributed by atoms with Crippen LogP contribution in [0.5, 0.6) is 11.5 Å². The van der Waals surface area contributed by atoms with Crippen molar-refractivity contribution in [3.8, 4) is 11.5 Å². The van der Waals surface area contributed by atoms with E-state index in [0.717, 1.165) is 5.75 Å². The van der Waals surface area contributed by atoms with E-state index in [2.05, 4.69) is 20.6 Å². The number of amides is 2. The minimum Gasteiger partial charge on any atom is -0.486 e. The molecular weight excluding hydrogens is 272 g/mol. The number of urea groups is 1. The molecule has 0 spiro atoms. The van der Waals surface area contributed by atoms with Crippen molar-refractivity contribution >= 4 is 11.8 Å². The van der Waals surface area contributed by atoms with Crippen LogP contribution in [0.1, 0.15) is 0 Å². The van der Waals surface area contributed by atoms with Gasteiger partial charge in [0.05, 0.1) is 12.7 Å². The lowest BCUT2D eigenvalue weighted by atomic mass is 10.2. The number of carbonyl (C=O) groups is 1. The van der Waals surface area contributed by atoms with E-state index < -0.39 is 0 Å². The highest BCUT2D eigenvalue weighted by atomic mass is 16.6. The van der Waals surface area contributed by atoms with E-state index in [9.17, 15) is 4.79 Å². The molecular formula is C14H14N4O3. The van der Waals surface area contributed by atoms with Crippen molar-refractivity contribution in [2.45, 2.75) is 6.10 Å². The van der Waals surface area contributed by atoms with Crippen molar-refractivity contribution in [3.05, 3.63) is 42.9 Å². The number of nitrogens with zero attached hydrogens (tertiary/aromatic N) is 2. The molecule has 21 heavy (non-hydrogen) atoms. The van der Waals surface area contributed by atoms with Crippen LogP contribution in [0, 0.1) is 0 Å². The van der Waals surface area contributed by atoms with E-state index in [1.165, 1.54) is 18.6 Å². The van der Waals surface area contributed by atoms with E-state index in [0.29, 0.717) is 24.7 Å². The summed E-state index contributed by atoms with van der Waals surface area (Å²) in [5.41, 5.74) is 0. The molecule has 2 N–H and O–H groups in total. The molecule has 7 nitrogen and oxygen atoms in total. The van der Waals surface area contributed by atoms with Gasteiger partial charge >= 0.3 is 6.03 Å². The Bertz CT molecular complexity index is 621. The topological polar surface area (TPSA) is 85.4 Å². The van der Waals surface area contributed by atoms with Gasteiger partial charge < -0.3 is 14.8 Å². The lowest BCUT2D eigenvalue weighted by molar-refractivity contribution is 0.0922. The summed E-state index contributed by atoms with van der Waals surface area (Å²) in [6.07, 6.45) is 4.28. The summed E-state index contributed by atoms with van der Waals surface area (Å²) in [6, 6.07) is 7.08. The molecule has 0 saturated heterocycles. The number of hydrogen-bond donors (Lipinski definition) is 2. The molecule has 1 aliphatic rings. The van der Waals surface area contributed by atoms with Crippen molar-refractivity contribution in [1.29, 1.82) is 0 Å². The number of nitrogens with one attached hydrogen (secondary N) is 2. The fourth-order valence-corrected chi connectivity index (χ4v) is 1.89. The first kappa shape index (κ1) is 13.2. The number of fused-ring (bicyclic) bond motifs is 1. The Balaban J connectivity index is 1.49. The van der Waals surface area contributed by atoms with E-state index >= 15 is 0 Å². The summed E-state index contributed by atoms with van der Waals surface area (Å²) in [5, 5.41) is 5.29. The van der Waals surface area contributed by atoms with Crippen LogP contribution in [-0.4, -0.2) is 35.3 Å². The third-order valence-electron chi connectivity index (χ3n) is 2.86. The zero-order chi connectivity index (χ0) is 14.5. The Hall–Kier alpha value is -2.83. The first-order valence-electron chi connectivity index (χ1n) is 6.50. The summed E-state index contributed by atoms with van der Waals surface area (Å²) < 4.78 is 11.3. The fourth-order valence-electron chi connectivity index (χ4n) is 1.89. The number of aromatic nitrogens is 2. The van der Waals surface area contributed by atoms with Crippen molar-refractivity contribution in [2.24, 2.45) is 0 Å². The second kappa shape index (κ2) is 6.08. The zero-order valence-electron chi connectivity index (χ0n) is 11.2. The number of anilines is 1. The largest absolute Gasteiger partial charge is 0.486 e. The van der Waals surface area contributed by atoms with Crippen LogP contribution in [0.15, 0.2) is 42.9 Å². The highest BCUT2D eigenvalue weighted by Crippen LogP contribution is 2.30. The third kappa shape index (κ3) is 3.38. The Labute approximate surface area is 121 Å². The summed E-state index contributed by atoms with van der Waals surface area (Å²) in [5.74, 6) is 1.80. The van der Waals surface area contributed by atoms with Crippen molar-refractivity contribution < 1.29 is 14.3 Å². The molecule has 2 amide bonds. The third-order valence-corrected chi connectivity index (χ3v) is 2.86. The molecule has 3 rings (SSSR count). The van der Waals surface area contributed by atoms with Gasteiger partial charge in [0.25, 0.3) is 0 Å². The van der Waals surface area contributed by atoms with E-state index in [1.807, 2.05) is 24.3 Å². The number of benzene rings is 1. The smallest absolute Gasteiger partial charge is 0.320 e. The molecule has 0 radical (unpaired) electrons. The summed E-state index contributed by atoms with van der Waals surface area (Å²) in [7, 11) is 0. The standard InChI is InChI=1S/C14H14N4O3/c19-14(18-13-8-15-5-6-16-13)17-7-10-9-20-11-3-1-2-4-12(11)21-10/h1-6,8,10H,7,9H2,(H2,16,17,18,19). The lowest BCUT2D eigenvalue weighted by Gasteiger charge is -2.26. The monoisotopic (exact) mass is 286 g/mol. The second-order valence-electron chi connectivity index (χ2n) is 4.42. The van der Waals surface area contributed by atoms with Gasteiger partial charge in [0.15, 0.2) is 23.4 Å². The highest BCUT2D eigenvalue weighted by molar-refractivity contribution is 5.87. The van der Waals surface area contributed by atoms with E-state index in [1.54, 1.807) is 0 Å². The zero-order valence-corrected chi connectivity index (χ0v) is 11.2. The van der Waals surface area contributed by atoms with Gasteiger partial charge in [-0.25, -0.2) is 9.78 Å². The minimum absolute atomic E-state index is 0.229. The Morgan fingerprint density at radius 1 is 1.29 bits per heavy atom. The Kier molecular flexibility index (Phi) is 3.81. The second-order valence-corrected chi connectivity index (χ2v) is 4.42. The molecule has 7 heteroatoms. The van der Waals surface area contributed by atoms with E-state index in [4.69, 9.17) is 9.47 Å². The van der Waals surface area contributed by atoms with Crippen LogP contribution >= 0.6 is 0 Å². The van der Waals surface area contributed by atoms with Gasteiger partial charge in [0.1, 0.15) is 6.61 Å². The van der Waals surface area contributed by atoms with Gasteiger partial charge in [0.2, 0.25) is 0 Å². The molecule has 2 aromatic rings. The maximum Gasteiger partial charge on any atom is 0.320 e. The maximum absolute atomic E-state index is 11.7. The molecule has 1 aromatic heterocycles. The number of hydrogen-bond acceptors (Lipinski definition) is 5. The van der Waals surface area contributed by atoms with Crippen LogP contribution in [0.3, 0.4) is 0 Å². The predicted molar refractivity (Wildman–Crippen MR) is 75.4 cm³/mol. The normalized spacial score (nSPS) is 16.1. The van der Waals surface area contributed by atoms with Crippen molar-refractivity contribution in [3.63, 3.8) is 0 Å². The van der Waals surface area contributed by atoms with Crippen LogP contribution in [-0.2, 0) is 0 Å². The fraction of sp³-hybridized carbons (Fsp3) is 0.214. The van der Waals surface area contributed by atoms with Crippen molar-refractivity contribution in [1.82, 2.24) is 15.3 Å². The van der Waals surface area contributed by atoms with Gasteiger partial charge in [0, 0.05) is 12.4 Å². The number of carbonyl (C=O) groups excluding carboxylic acids is 1. The van der Waals surface area contributed by atoms with Gasteiger partial charge in [-0.1, -0.05) is 12.1 Å². The number of para-hydroxylation sites is 2. The predicted octanol–water partition coefficient (Wildman–Crippen LogP) is 1.44. The SMILES string of the molecule is O=C(NCC1COc2ccccc2O1)Nc1cnccn1.